The van der Waals surface area contributed by atoms with Gasteiger partial charge in [0.05, 0.1) is 12.2 Å². The van der Waals surface area contributed by atoms with Gasteiger partial charge in [-0.05, 0) is 36.6 Å². The first-order valence-corrected chi connectivity index (χ1v) is 10.0. The van der Waals surface area contributed by atoms with Crippen LogP contribution in [0.4, 0.5) is 5.69 Å². The zero-order valence-corrected chi connectivity index (χ0v) is 17.0. The number of hydrogen-bond acceptors (Lipinski definition) is 7. The van der Waals surface area contributed by atoms with E-state index in [2.05, 4.69) is 10.6 Å². The highest BCUT2D eigenvalue weighted by Gasteiger charge is 2.17. The molecule has 152 valence electrons. The van der Waals surface area contributed by atoms with Crippen LogP contribution in [0.15, 0.2) is 35.0 Å². The topological polar surface area (TPSA) is 96.9 Å². The van der Waals surface area contributed by atoms with Crippen molar-refractivity contribution in [2.75, 3.05) is 25.1 Å². The summed E-state index contributed by atoms with van der Waals surface area (Å²) >= 11 is 1.43. The molecule has 0 aliphatic heterocycles. The Morgan fingerprint density at radius 2 is 2.04 bits per heavy atom. The highest BCUT2D eigenvalue weighted by molar-refractivity contribution is 7.08. The maximum atomic E-state index is 12.3. The predicted molar refractivity (Wildman–Crippen MR) is 109 cm³/mol. The number of benzene rings is 1. The summed E-state index contributed by atoms with van der Waals surface area (Å²) in [6, 6.07) is 6.70. The Kier molecular flexibility index (Phi) is 8.43. The first kappa shape index (κ1) is 21.9. The molecule has 0 fully saturated rings. The molecule has 0 radical (unpaired) electrons. The highest BCUT2D eigenvalue weighted by Crippen LogP contribution is 2.25. The SMILES string of the molecule is CCOC(=O)c1cc(NC(=O)c2ccsc2)ccc1OCC(O)CNC(C)C. The van der Waals surface area contributed by atoms with Gasteiger partial charge in [-0.2, -0.15) is 11.3 Å². The lowest BCUT2D eigenvalue weighted by Gasteiger charge is -2.17. The van der Waals surface area contributed by atoms with E-state index in [1.165, 1.54) is 17.4 Å². The van der Waals surface area contributed by atoms with Crippen molar-refractivity contribution < 1.29 is 24.2 Å². The fraction of sp³-hybridized carbons (Fsp3) is 0.400. The first-order valence-electron chi connectivity index (χ1n) is 9.09. The summed E-state index contributed by atoms with van der Waals surface area (Å²) in [4.78, 5) is 24.5. The fourth-order valence-electron chi connectivity index (χ4n) is 2.32. The molecule has 1 amide bonds. The van der Waals surface area contributed by atoms with Crippen molar-refractivity contribution in [3.8, 4) is 5.75 Å². The maximum Gasteiger partial charge on any atom is 0.341 e. The number of carbonyl (C=O) groups is 2. The molecule has 0 aliphatic carbocycles. The van der Waals surface area contributed by atoms with Crippen molar-refractivity contribution in [1.82, 2.24) is 5.32 Å². The number of hydrogen-bond donors (Lipinski definition) is 3. The molecule has 1 aromatic heterocycles. The van der Waals surface area contributed by atoms with Gasteiger partial charge < -0.3 is 25.2 Å². The van der Waals surface area contributed by atoms with E-state index in [1.807, 2.05) is 19.2 Å². The van der Waals surface area contributed by atoms with Gasteiger partial charge in [0, 0.05) is 23.7 Å². The van der Waals surface area contributed by atoms with Gasteiger partial charge in [0.1, 0.15) is 24.0 Å². The minimum Gasteiger partial charge on any atom is -0.490 e. The molecule has 28 heavy (non-hydrogen) atoms. The van der Waals surface area contributed by atoms with E-state index in [9.17, 15) is 14.7 Å². The molecule has 0 spiro atoms. The number of thiophene rings is 1. The van der Waals surface area contributed by atoms with Gasteiger partial charge in [0.25, 0.3) is 5.91 Å². The fourth-order valence-corrected chi connectivity index (χ4v) is 2.95. The third-order valence-corrected chi connectivity index (χ3v) is 4.39. The van der Waals surface area contributed by atoms with Crippen LogP contribution >= 0.6 is 11.3 Å². The summed E-state index contributed by atoms with van der Waals surface area (Å²) in [6.07, 6.45) is -0.726. The standard InChI is InChI=1S/C20H26N2O5S/c1-4-26-20(25)17-9-15(22-19(24)14-7-8-28-12-14)5-6-18(17)27-11-16(23)10-21-13(2)3/h5-9,12-13,16,21,23H,4,10-11H2,1-3H3,(H,22,24). The normalized spacial score (nSPS) is 11.9. The number of carbonyl (C=O) groups excluding carboxylic acids is 2. The minimum absolute atomic E-state index is 0.0206. The number of amides is 1. The number of rotatable bonds is 10. The summed E-state index contributed by atoms with van der Waals surface area (Å²) in [7, 11) is 0. The van der Waals surface area contributed by atoms with Crippen molar-refractivity contribution in [2.24, 2.45) is 0 Å². The van der Waals surface area contributed by atoms with E-state index in [0.717, 1.165) is 0 Å². The lowest BCUT2D eigenvalue weighted by Crippen LogP contribution is -2.35. The molecule has 1 heterocycles. The van der Waals surface area contributed by atoms with Crippen molar-refractivity contribution >= 4 is 28.9 Å². The van der Waals surface area contributed by atoms with Gasteiger partial charge in [-0.1, -0.05) is 13.8 Å². The van der Waals surface area contributed by atoms with Crippen LogP contribution in [0, 0.1) is 0 Å². The molecule has 1 unspecified atom stereocenters. The molecule has 1 aromatic carbocycles. The number of nitrogens with one attached hydrogen (secondary N) is 2. The molecule has 0 saturated carbocycles. The molecular weight excluding hydrogens is 380 g/mol. The quantitative estimate of drug-likeness (QED) is 0.525. The van der Waals surface area contributed by atoms with E-state index in [-0.39, 0.29) is 36.5 Å². The Hall–Kier alpha value is -2.42. The van der Waals surface area contributed by atoms with Crippen LogP contribution in [-0.2, 0) is 4.74 Å². The second-order valence-corrected chi connectivity index (χ2v) is 7.21. The molecule has 0 saturated heterocycles. The van der Waals surface area contributed by atoms with Crippen LogP contribution < -0.4 is 15.4 Å². The van der Waals surface area contributed by atoms with Crippen LogP contribution in [0.5, 0.6) is 5.75 Å². The Balaban J connectivity index is 2.11. The Morgan fingerprint density at radius 1 is 1.25 bits per heavy atom. The zero-order chi connectivity index (χ0) is 20.5. The average molecular weight is 407 g/mol. The smallest absolute Gasteiger partial charge is 0.341 e. The largest absolute Gasteiger partial charge is 0.490 e. The molecule has 2 rings (SSSR count). The zero-order valence-electron chi connectivity index (χ0n) is 16.2. The van der Waals surface area contributed by atoms with Crippen LogP contribution in [0.1, 0.15) is 41.5 Å². The summed E-state index contributed by atoms with van der Waals surface area (Å²) in [5.41, 5.74) is 1.19. The van der Waals surface area contributed by atoms with E-state index in [0.29, 0.717) is 17.8 Å². The molecule has 3 N–H and O–H groups in total. The van der Waals surface area contributed by atoms with E-state index >= 15 is 0 Å². The van der Waals surface area contributed by atoms with E-state index in [1.54, 1.807) is 30.5 Å². The molecule has 8 heteroatoms. The third-order valence-electron chi connectivity index (χ3n) is 3.71. The van der Waals surface area contributed by atoms with Crippen LogP contribution in [0.25, 0.3) is 0 Å². The van der Waals surface area contributed by atoms with E-state index in [4.69, 9.17) is 9.47 Å². The van der Waals surface area contributed by atoms with Gasteiger partial charge >= 0.3 is 5.97 Å². The second-order valence-electron chi connectivity index (χ2n) is 6.43. The van der Waals surface area contributed by atoms with E-state index < -0.39 is 12.1 Å². The lowest BCUT2D eigenvalue weighted by atomic mass is 10.1. The van der Waals surface area contributed by atoms with Gasteiger partial charge in [0.15, 0.2) is 0 Å². The van der Waals surface area contributed by atoms with Gasteiger partial charge in [-0.25, -0.2) is 4.79 Å². The van der Waals surface area contributed by atoms with Gasteiger partial charge in [0.2, 0.25) is 0 Å². The summed E-state index contributed by atoms with van der Waals surface area (Å²) in [6.45, 7) is 6.28. The first-order chi connectivity index (χ1) is 13.4. The summed E-state index contributed by atoms with van der Waals surface area (Å²) < 4.78 is 10.7. The molecule has 2 aromatic rings. The highest BCUT2D eigenvalue weighted by atomic mass is 32.1. The van der Waals surface area contributed by atoms with Gasteiger partial charge in [-0.3, -0.25) is 4.79 Å². The number of aliphatic hydroxyl groups excluding tert-OH is 1. The predicted octanol–water partition coefficient (Wildman–Crippen LogP) is 2.91. The van der Waals surface area contributed by atoms with Gasteiger partial charge in [-0.15, -0.1) is 0 Å². The Labute approximate surface area is 168 Å². The Morgan fingerprint density at radius 3 is 2.68 bits per heavy atom. The number of esters is 1. The van der Waals surface area contributed by atoms with Crippen molar-refractivity contribution in [3.63, 3.8) is 0 Å². The molecule has 0 bridgehead atoms. The van der Waals surface area contributed by atoms with Crippen LogP contribution in [0.3, 0.4) is 0 Å². The van der Waals surface area contributed by atoms with Crippen molar-refractivity contribution in [3.05, 3.63) is 46.2 Å². The summed E-state index contributed by atoms with van der Waals surface area (Å²) in [5, 5.41) is 19.4. The van der Waals surface area contributed by atoms with Crippen molar-refractivity contribution in [2.45, 2.75) is 32.9 Å². The number of anilines is 1. The monoisotopic (exact) mass is 406 g/mol. The maximum absolute atomic E-state index is 12.3. The summed E-state index contributed by atoms with van der Waals surface area (Å²) in [5.74, 6) is -0.533. The lowest BCUT2D eigenvalue weighted by molar-refractivity contribution is 0.0515. The average Bonchev–Trinajstić information content (AvgIpc) is 3.20. The third kappa shape index (κ3) is 6.63. The van der Waals surface area contributed by atoms with Crippen LogP contribution in [0.2, 0.25) is 0 Å². The number of ether oxygens (including phenoxy) is 2. The van der Waals surface area contributed by atoms with Crippen molar-refractivity contribution in [1.29, 1.82) is 0 Å². The Bertz CT molecular complexity index is 777. The number of aliphatic hydroxyl groups is 1. The van der Waals surface area contributed by atoms with Crippen LogP contribution in [-0.4, -0.2) is 48.9 Å². The second kappa shape index (κ2) is 10.8. The molecule has 0 aliphatic rings. The molecular formula is C20H26N2O5S. The molecule has 7 nitrogen and oxygen atoms in total. The molecule has 1 atom stereocenters. The minimum atomic E-state index is -0.726.